The topological polar surface area (TPSA) is 113 Å². The number of hydrogen-bond acceptors (Lipinski definition) is 6. The number of amides is 1. The van der Waals surface area contributed by atoms with Gasteiger partial charge in [0.1, 0.15) is 0 Å². The molecule has 0 aromatic heterocycles. The number of hydrogen-bond donors (Lipinski definition) is 1. The second-order valence-corrected chi connectivity index (χ2v) is 13.2. The van der Waals surface area contributed by atoms with Crippen LogP contribution in [-0.2, 0) is 36.0 Å². The van der Waals surface area contributed by atoms with Gasteiger partial charge in [-0.05, 0) is 67.1 Å². The van der Waals surface area contributed by atoms with Crippen LogP contribution in [-0.4, -0.2) is 70.7 Å². The zero-order valence-electron chi connectivity index (χ0n) is 20.4. The molecule has 36 heavy (non-hydrogen) atoms. The Balaban J connectivity index is 1.30. The number of rotatable bonds is 8. The molecule has 2 aliphatic heterocycles. The summed E-state index contributed by atoms with van der Waals surface area (Å²) in [5, 5.41) is 2.79. The standard InChI is InChI=1S/C25H33N3O6S2/c1-20-3-2-14-28(19-20)36(32,33)24-11-7-22(8-12-24)26-25(29)13-6-21-4-9-23(10-5-21)35(30,31)27-15-17-34-18-16-27/h4-5,7-12,20H,2-3,6,13-19H2,1H3,(H,26,29)/t20-/m1/s1. The number of piperidine rings is 1. The molecule has 0 saturated carbocycles. The minimum absolute atomic E-state index is 0.208. The van der Waals surface area contributed by atoms with Crippen molar-refractivity contribution in [3.63, 3.8) is 0 Å². The number of carbonyl (C=O) groups excluding carboxylic acids is 1. The maximum atomic E-state index is 12.9. The van der Waals surface area contributed by atoms with Gasteiger partial charge in [-0.2, -0.15) is 8.61 Å². The van der Waals surface area contributed by atoms with Gasteiger partial charge in [-0.1, -0.05) is 19.1 Å². The highest BCUT2D eigenvalue weighted by Gasteiger charge is 2.29. The predicted octanol–water partition coefficient (Wildman–Crippen LogP) is 2.70. The van der Waals surface area contributed by atoms with Crippen molar-refractivity contribution in [2.45, 2.75) is 42.4 Å². The van der Waals surface area contributed by atoms with E-state index in [2.05, 4.69) is 12.2 Å². The first kappa shape index (κ1) is 26.7. The third kappa shape index (κ3) is 6.33. The molecule has 9 nitrogen and oxygen atoms in total. The molecule has 196 valence electrons. The minimum atomic E-state index is -3.55. The zero-order valence-corrected chi connectivity index (χ0v) is 22.1. The van der Waals surface area contributed by atoms with Crippen molar-refractivity contribution in [3.05, 3.63) is 54.1 Å². The minimum Gasteiger partial charge on any atom is -0.379 e. The van der Waals surface area contributed by atoms with Crippen LogP contribution in [0, 0.1) is 5.92 Å². The second kappa shape index (κ2) is 11.4. The van der Waals surface area contributed by atoms with Gasteiger partial charge < -0.3 is 10.1 Å². The van der Waals surface area contributed by atoms with Crippen molar-refractivity contribution >= 4 is 31.6 Å². The highest BCUT2D eigenvalue weighted by Crippen LogP contribution is 2.24. The summed E-state index contributed by atoms with van der Waals surface area (Å²) in [5.74, 6) is 0.137. The molecule has 2 heterocycles. The van der Waals surface area contributed by atoms with Gasteiger partial charge in [-0.3, -0.25) is 4.79 Å². The van der Waals surface area contributed by atoms with E-state index in [1.807, 2.05) is 0 Å². The van der Waals surface area contributed by atoms with E-state index in [1.54, 1.807) is 36.4 Å². The molecule has 2 aromatic carbocycles. The molecule has 4 rings (SSSR count). The van der Waals surface area contributed by atoms with Crippen LogP contribution in [0.15, 0.2) is 58.3 Å². The molecular formula is C25H33N3O6S2. The number of benzene rings is 2. The van der Waals surface area contributed by atoms with Crippen LogP contribution in [0.4, 0.5) is 5.69 Å². The maximum Gasteiger partial charge on any atom is 0.243 e. The third-order valence-electron chi connectivity index (χ3n) is 6.57. The fourth-order valence-corrected chi connectivity index (χ4v) is 7.48. The van der Waals surface area contributed by atoms with Gasteiger partial charge in [0.2, 0.25) is 26.0 Å². The SMILES string of the molecule is C[C@@H]1CCCN(S(=O)(=O)c2ccc(NC(=O)CCc3ccc(S(=O)(=O)N4CCOCC4)cc3)cc2)C1. The zero-order chi connectivity index (χ0) is 25.8. The van der Waals surface area contributed by atoms with Gasteiger partial charge in [-0.15, -0.1) is 0 Å². The molecule has 1 N–H and O–H groups in total. The van der Waals surface area contributed by atoms with Crippen molar-refractivity contribution in [3.8, 4) is 0 Å². The molecule has 1 amide bonds. The van der Waals surface area contributed by atoms with Gasteiger partial charge >= 0.3 is 0 Å². The lowest BCUT2D eigenvalue weighted by molar-refractivity contribution is -0.116. The summed E-state index contributed by atoms with van der Waals surface area (Å²) in [5.41, 5.74) is 1.38. The van der Waals surface area contributed by atoms with Crippen LogP contribution in [0.25, 0.3) is 0 Å². The Morgan fingerprint density at radius 1 is 0.889 bits per heavy atom. The van der Waals surface area contributed by atoms with E-state index in [4.69, 9.17) is 4.74 Å². The van der Waals surface area contributed by atoms with Crippen LogP contribution >= 0.6 is 0 Å². The lowest BCUT2D eigenvalue weighted by Gasteiger charge is -2.30. The van der Waals surface area contributed by atoms with E-state index in [9.17, 15) is 21.6 Å². The quantitative estimate of drug-likeness (QED) is 0.556. The first-order valence-corrected chi connectivity index (χ1v) is 15.1. The fourth-order valence-electron chi connectivity index (χ4n) is 4.47. The first-order valence-electron chi connectivity index (χ1n) is 12.2. The van der Waals surface area contributed by atoms with Gasteiger partial charge in [0, 0.05) is 38.3 Å². The smallest absolute Gasteiger partial charge is 0.243 e. The number of ether oxygens (including phenoxy) is 1. The van der Waals surface area contributed by atoms with E-state index in [-0.39, 0.29) is 22.1 Å². The molecule has 0 unspecified atom stereocenters. The number of nitrogens with zero attached hydrogens (tertiary/aromatic N) is 2. The molecule has 2 fully saturated rings. The summed E-state index contributed by atoms with van der Waals surface area (Å²) < 4.78 is 59.4. The number of nitrogens with one attached hydrogen (secondary N) is 1. The summed E-state index contributed by atoms with van der Waals surface area (Å²) in [6, 6.07) is 12.8. The molecule has 0 radical (unpaired) electrons. The van der Waals surface area contributed by atoms with E-state index in [1.165, 1.54) is 20.7 Å². The number of morpholine rings is 1. The Kier molecular flexibility index (Phi) is 8.46. The fraction of sp³-hybridized carbons (Fsp3) is 0.480. The molecule has 2 aromatic rings. The number of sulfonamides is 2. The molecule has 0 bridgehead atoms. The molecule has 1 atom stereocenters. The summed E-state index contributed by atoms with van der Waals surface area (Å²) >= 11 is 0. The molecule has 2 saturated heterocycles. The van der Waals surface area contributed by atoms with Crippen molar-refractivity contribution in [2.75, 3.05) is 44.7 Å². The average molecular weight is 536 g/mol. The predicted molar refractivity (Wildman–Crippen MR) is 137 cm³/mol. The Hall–Kier alpha value is -2.31. The second-order valence-electron chi connectivity index (χ2n) is 9.34. The van der Waals surface area contributed by atoms with Crippen molar-refractivity contribution < 1.29 is 26.4 Å². The van der Waals surface area contributed by atoms with E-state index in [0.29, 0.717) is 57.4 Å². The van der Waals surface area contributed by atoms with Crippen LogP contribution < -0.4 is 5.32 Å². The molecule has 0 spiro atoms. The highest BCUT2D eigenvalue weighted by atomic mass is 32.2. The van der Waals surface area contributed by atoms with Crippen molar-refractivity contribution in [1.82, 2.24) is 8.61 Å². The monoisotopic (exact) mass is 535 g/mol. The Labute approximate surface area is 213 Å². The normalized spacial score (nSPS) is 20.2. The van der Waals surface area contributed by atoms with Gasteiger partial charge in [0.15, 0.2) is 0 Å². The maximum absolute atomic E-state index is 12.9. The van der Waals surface area contributed by atoms with E-state index < -0.39 is 20.0 Å². The average Bonchev–Trinajstić information content (AvgIpc) is 2.88. The molecule has 11 heteroatoms. The Morgan fingerprint density at radius 3 is 2.08 bits per heavy atom. The summed E-state index contributed by atoms with van der Waals surface area (Å²) in [6.45, 7) is 4.59. The lowest BCUT2D eigenvalue weighted by Crippen LogP contribution is -2.40. The molecular weight excluding hydrogens is 502 g/mol. The van der Waals surface area contributed by atoms with Crippen molar-refractivity contribution in [1.29, 1.82) is 0 Å². The summed E-state index contributed by atoms with van der Waals surface area (Å²) in [4.78, 5) is 12.9. The number of anilines is 1. The molecule has 0 aliphatic carbocycles. The summed E-state index contributed by atoms with van der Waals surface area (Å²) in [7, 11) is -7.09. The number of carbonyl (C=O) groups is 1. The van der Waals surface area contributed by atoms with Gasteiger partial charge in [0.25, 0.3) is 0 Å². The van der Waals surface area contributed by atoms with Crippen molar-refractivity contribution in [2.24, 2.45) is 5.92 Å². The third-order valence-corrected chi connectivity index (χ3v) is 10.4. The number of aryl methyl sites for hydroxylation is 1. The Morgan fingerprint density at radius 2 is 1.47 bits per heavy atom. The van der Waals surface area contributed by atoms with Gasteiger partial charge in [0.05, 0.1) is 23.0 Å². The van der Waals surface area contributed by atoms with Crippen LogP contribution in [0.5, 0.6) is 0 Å². The van der Waals surface area contributed by atoms with E-state index >= 15 is 0 Å². The lowest BCUT2D eigenvalue weighted by atomic mass is 10.0. The van der Waals surface area contributed by atoms with Crippen LogP contribution in [0.1, 0.15) is 31.7 Å². The van der Waals surface area contributed by atoms with E-state index in [0.717, 1.165) is 18.4 Å². The first-order chi connectivity index (χ1) is 17.2. The summed E-state index contributed by atoms with van der Waals surface area (Å²) in [6.07, 6.45) is 2.56. The Bertz CT molecular complexity index is 1260. The highest BCUT2D eigenvalue weighted by molar-refractivity contribution is 7.89. The van der Waals surface area contributed by atoms with Crippen LogP contribution in [0.3, 0.4) is 0 Å². The molecule has 2 aliphatic rings. The van der Waals surface area contributed by atoms with Crippen LogP contribution in [0.2, 0.25) is 0 Å². The van der Waals surface area contributed by atoms with Gasteiger partial charge in [-0.25, -0.2) is 16.8 Å². The largest absolute Gasteiger partial charge is 0.379 e.